The van der Waals surface area contributed by atoms with Crippen molar-refractivity contribution in [2.24, 2.45) is 0 Å². The van der Waals surface area contributed by atoms with Crippen LogP contribution < -0.4 is 0 Å². The molecule has 0 fully saturated rings. The topological polar surface area (TPSA) is 80.5 Å². The Labute approximate surface area is 126 Å². The standard InChI is InChI=1S/C16H13N5O/c1-2-4-13-12(3-1)18-14(19-13)5-6-15-20-16(21-22-15)11-7-9-17-10-8-11/h1-4,7-10H,5-6H2,(H,18,19). The zero-order valence-electron chi connectivity index (χ0n) is 11.7. The summed E-state index contributed by atoms with van der Waals surface area (Å²) < 4.78 is 5.29. The number of fused-ring (bicyclic) bond motifs is 1. The highest BCUT2D eigenvalue weighted by Crippen LogP contribution is 2.15. The summed E-state index contributed by atoms with van der Waals surface area (Å²) in [5.74, 6) is 2.11. The smallest absolute Gasteiger partial charge is 0.227 e. The Balaban J connectivity index is 1.49. The predicted molar refractivity (Wildman–Crippen MR) is 81.0 cm³/mol. The zero-order valence-corrected chi connectivity index (χ0v) is 11.7. The van der Waals surface area contributed by atoms with E-state index in [-0.39, 0.29) is 0 Å². The van der Waals surface area contributed by atoms with E-state index >= 15 is 0 Å². The Morgan fingerprint density at radius 2 is 1.82 bits per heavy atom. The largest absolute Gasteiger partial charge is 0.342 e. The lowest BCUT2D eigenvalue weighted by Gasteiger charge is -1.92. The van der Waals surface area contributed by atoms with Gasteiger partial charge in [-0.2, -0.15) is 4.98 Å². The van der Waals surface area contributed by atoms with Crippen LogP contribution in [0.2, 0.25) is 0 Å². The summed E-state index contributed by atoms with van der Waals surface area (Å²) in [5, 5.41) is 4.00. The van der Waals surface area contributed by atoms with E-state index in [9.17, 15) is 0 Å². The van der Waals surface area contributed by atoms with Gasteiger partial charge < -0.3 is 9.51 Å². The maximum absolute atomic E-state index is 5.29. The zero-order chi connectivity index (χ0) is 14.8. The van der Waals surface area contributed by atoms with Crippen LogP contribution in [0.3, 0.4) is 0 Å². The second-order valence-corrected chi connectivity index (χ2v) is 4.95. The number of H-pyrrole nitrogens is 1. The van der Waals surface area contributed by atoms with Crippen molar-refractivity contribution >= 4 is 11.0 Å². The van der Waals surface area contributed by atoms with Crippen molar-refractivity contribution in [3.63, 3.8) is 0 Å². The van der Waals surface area contributed by atoms with Crippen LogP contribution in [-0.2, 0) is 12.8 Å². The lowest BCUT2D eigenvalue weighted by Crippen LogP contribution is -1.93. The third-order valence-corrected chi connectivity index (χ3v) is 3.42. The molecule has 3 aromatic heterocycles. The van der Waals surface area contributed by atoms with Crippen LogP contribution in [0.5, 0.6) is 0 Å². The summed E-state index contributed by atoms with van der Waals surface area (Å²) in [7, 11) is 0. The molecule has 0 aliphatic carbocycles. The fraction of sp³-hybridized carbons (Fsp3) is 0.125. The van der Waals surface area contributed by atoms with Gasteiger partial charge in [-0.25, -0.2) is 4.98 Å². The van der Waals surface area contributed by atoms with E-state index in [0.29, 0.717) is 18.1 Å². The van der Waals surface area contributed by atoms with Gasteiger partial charge in [-0.15, -0.1) is 0 Å². The van der Waals surface area contributed by atoms with E-state index in [0.717, 1.165) is 28.8 Å². The molecule has 0 atom stereocenters. The Hall–Kier alpha value is -3.02. The van der Waals surface area contributed by atoms with Gasteiger partial charge in [0, 0.05) is 30.8 Å². The molecule has 0 saturated heterocycles. The number of hydrogen-bond acceptors (Lipinski definition) is 5. The van der Waals surface area contributed by atoms with Gasteiger partial charge in [0.15, 0.2) is 0 Å². The lowest BCUT2D eigenvalue weighted by atomic mass is 10.2. The van der Waals surface area contributed by atoms with Gasteiger partial charge in [0.1, 0.15) is 5.82 Å². The molecule has 3 heterocycles. The van der Waals surface area contributed by atoms with Crippen molar-refractivity contribution in [2.75, 3.05) is 0 Å². The van der Waals surface area contributed by atoms with Crippen molar-refractivity contribution < 1.29 is 4.52 Å². The van der Waals surface area contributed by atoms with Crippen molar-refractivity contribution in [1.29, 1.82) is 0 Å². The average Bonchev–Trinajstić information content (AvgIpc) is 3.20. The minimum absolute atomic E-state index is 0.585. The van der Waals surface area contributed by atoms with Gasteiger partial charge in [-0.1, -0.05) is 17.3 Å². The maximum atomic E-state index is 5.29. The second kappa shape index (κ2) is 5.40. The molecular weight excluding hydrogens is 278 g/mol. The SMILES string of the molecule is c1ccc2[nH]c(CCc3nc(-c4ccncc4)no3)nc2c1. The summed E-state index contributed by atoms with van der Waals surface area (Å²) in [5.41, 5.74) is 2.91. The molecule has 6 heteroatoms. The number of benzene rings is 1. The summed E-state index contributed by atoms with van der Waals surface area (Å²) in [6, 6.07) is 11.7. The molecule has 4 aromatic rings. The molecule has 0 amide bonds. The third kappa shape index (κ3) is 2.46. The number of para-hydroxylation sites is 2. The van der Waals surface area contributed by atoms with Crippen LogP contribution in [0.4, 0.5) is 0 Å². The Kier molecular flexibility index (Phi) is 3.12. The maximum Gasteiger partial charge on any atom is 0.227 e. The molecule has 108 valence electrons. The number of aromatic nitrogens is 5. The van der Waals surface area contributed by atoms with Crippen molar-refractivity contribution in [2.45, 2.75) is 12.8 Å². The Bertz CT molecular complexity index is 864. The number of hydrogen-bond donors (Lipinski definition) is 1. The molecule has 0 saturated carbocycles. The number of rotatable bonds is 4. The van der Waals surface area contributed by atoms with E-state index < -0.39 is 0 Å². The van der Waals surface area contributed by atoms with Crippen molar-refractivity contribution in [1.82, 2.24) is 25.1 Å². The van der Waals surface area contributed by atoms with Gasteiger partial charge in [-0.05, 0) is 24.3 Å². The van der Waals surface area contributed by atoms with E-state index in [2.05, 4.69) is 25.1 Å². The van der Waals surface area contributed by atoms with Crippen LogP contribution in [0.25, 0.3) is 22.4 Å². The number of pyridine rings is 1. The van der Waals surface area contributed by atoms with E-state index in [1.807, 2.05) is 36.4 Å². The normalized spacial score (nSPS) is 11.1. The van der Waals surface area contributed by atoms with E-state index in [1.165, 1.54) is 0 Å². The third-order valence-electron chi connectivity index (χ3n) is 3.42. The summed E-state index contributed by atoms with van der Waals surface area (Å²) in [4.78, 5) is 16.2. The van der Waals surface area contributed by atoms with E-state index in [1.54, 1.807) is 12.4 Å². The molecular formula is C16H13N5O. The predicted octanol–water partition coefficient (Wildman–Crippen LogP) is 2.79. The van der Waals surface area contributed by atoms with Gasteiger partial charge in [-0.3, -0.25) is 4.98 Å². The molecule has 6 nitrogen and oxygen atoms in total. The monoisotopic (exact) mass is 291 g/mol. The van der Waals surface area contributed by atoms with Gasteiger partial charge >= 0.3 is 0 Å². The Morgan fingerprint density at radius 1 is 0.955 bits per heavy atom. The first-order chi connectivity index (χ1) is 10.9. The fourth-order valence-electron chi connectivity index (χ4n) is 2.32. The molecule has 22 heavy (non-hydrogen) atoms. The van der Waals surface area contributed by atoms with Gasteiger partial charge in [0.2, 0.25) is 11.7 Å². The van der Waals surface area contributed by atoms with Crippen molar-refractivity contribution in [3.05, 3.63) is 60.5 Å². The highest BCUT2D eigenvalue weighted by Gasteiger charge is 2.10. The molecule has 0 spiro atoms. The first-order valence-electron chi connectivity index (χ1n) is 7.05. The average molecular weight is 291 g/mol. The van der Waals surface area contributed by atoms with Crippen LogP contribution in [0, 0.1) is 0 Å². The molecule has 0 bridgehead atoms. The molecule has 0 aliphatic rings. The summed E-state index contributed by atoms with van der Waals surface area (Å²) in [6.07, 6.45) is 4.80. The van der Waals surface area contributed by atoms with Crippen LogP contribution in [0.1, 0.15) is 11.7 Å². The lowest BCUT2D eigenvalue weighted by molar-refractivity contribution is 0.378. The summed E-state index contributed by atoms with van der Waals surface area (Å²) >= 11 is 0. The molecule has 0 aliphatic heterocycles. The summed E-state index contributed by atoms with van der Waals surface area (Å²) in [6.45, 7) is 0. The molecule has 1 aromatic carbocycles. The number of aromatic amines is 1. The quantitative estimate of drug-likeness (QED) is 0.625. The minimum atomic E-state index is 0.585. The van der Waals surface area contributed by atoms with Gasteiger partial charge in [0.05, 0.1) is 11.0 Å². The van der Waals surface area contributed by atoms with Gasteiger partial charge in [0.25, 0.3) is 0 Å². The van der Waals surface area contributed by atoms with Crippen LogP contribution in [0.15, 0.2) is 53.3 Å². The molecule has 1 N–H and O–H groups in total. The van der Waals surface area contributed by atoms with E-state index in [4.69, 9.17) is 4.52 Å². The highest BCUT2D eigenvalue weighted by atomic mass is 16.5. The highest BCUT2D eigenvalue weighted by molar-refractivity contribution is 5.74. The second-order valence-electron chi connectivity index (χ2n) is 4.95. The van der Waals surface area contributed by atoms with Crippen LogP contribution >= 0.6 is 0 Å². The number of aryl methyl sites for hydroxylation is 2. The number of nitrogens with zero attached hydrogens (tertiary/aromatic N) is 4. The minimum Gasteiger partial charge on any atom is -0.342 e. The molecule has 4 rings (SSSR count). The molecule has 0 radical (unpaired) electrons. The fourth-order valence-corrected chi connectivity index (χ4v) is 2.32. The number of imidazole rings is 1. The number of nitrogens with one attached hydrogen (secondary N) is 1. The Morgan fingerprint density at radius 3 is 2.68 bits per heavy atom. The van der Waals surface area contributed by atoms with Crippen LogP contribution in [-0.4, -0.2) is 25.1 Å². The first kappa shape index (κ1) is 12.7. The van der Waals surface area contributed by atoms with Crippen molar-refractivity contribution in [3.8, 4) is 11.4 Å². The molecule has 0 unspecified atom stereocenters. The first-order valence-corrected chi connectivity index (χ1v) is 7.05.